The van der Waals surface area contributed by atoms with E-state index in [1.54, 1.807) is 11.3 Å². The van der Waals surface area contributed by atoms with Crippen molar-refractivity contribution in [2.24, 2.45) is 0 Å². The van der Waals surface area contributed by atoms with Crippen LogP contribution in [0.2, 0.25) is 0 Å². The van der Waals surface area contributed by atoms with E-state index in [1.807, 2.05) is 42.8 Å². The number of benzene rings is 1. The molecule has 0 radical (unpaired) electrons. The van der Waals surface area contributed by atoms with Gasteiger partial charge in [-0.15, -0.1) is 11.3 Å². The number of hydrogen-bond acceptors (Lipinski definition) is 4. The molecule has 0 aliphatic heterocycles. The molecule has 0 aliphatic rings. The van der Waals surface area contributed by atoms with Crippen molar-refractivity contribution in [2.45, 2.75) is 13.3 Å². The molecule has 0 fully saturated rings. The summed E-state index contributed by atoms with van der Waals surface area (Å²) in [4.78, 5) is 18.6. The Morgan fingerprint density at radius 3 is 2.72 bits per heavy atom. The summed E-state index contributed by atoms with van der Waals surface area (Å²) in [6, 6.07) is 9.35. The summed E-state index contributed by atoms with van der Waals surface area (Å²) in [7, 11) is 2.00. The number of carbonyl (C=O) groups is 1. The maximum Gasteiger partial charge on any atom is 0.185 e. The van der Waals surface area contributed by atoms with Crippen LogP contribution in [-0.4, -0.2) is 24.4 Å². The van der Waals surface area contributed by atoms with Gasteiger partial charge >= 0.3 is 0 Å². The van der Waals surface area contributed by atoms with Gasteiger partial charge in [-0.3, -0.25) is 4.79 Å². The molecule has 0 N–H and O–H groups in total. The maximum absolute atomic E-state index is 12.0. The number of nitrogens with zero attached hydrogens (tertiary/aromatic N) is 2. The van der Waals surface area contributed by atoms with E-state index in [9.17, 15) is 4.79 Å². The van der Waals surface area contributed by atoms with Gasteiger partial charge in [-0.2, -0.15) is 0 Å². The first-order valence-corrected chi connectivity index (χ1v) is 6.82. The number of Topliss-reactive ketones (excluding diaryl/α,β-unsaturated/α-hetero) is 1. The van der Waals surface area contributed by atoms with Crippen molar-refractivity contribution < 1.29 is 4.79 Å². The van der Waals surface area contributed by atoms with E-state index in [0.29, 0.717) is 6.42 Å². The zero-order valence-corrected chi connectivity index (χ0v) is 11.4. The molecule has 1 heterocycles. The predicted octanol–water partition coefficient (Wildman–Crippen LogP) is 3.02. The van der Waals surface area contributed by atoms with E-state index in [-0.39, 0.29) is 5.78 Å². The standard InChI is InChI=1S/C14H16N2OS/c1-3-16(2)14-15-12(10-18-14)9-13(17)11-7-5-4-6-8-11/h4-8,10H,3,9H2,1-2H3. The van der Waals surface area contributed by atoms with Crippen LogP contribution in [0.5, 0.6) is 0 Å². The molecule has 1 aromatic carbocycles. The smallest absolute Gasteiger partial charge is 0.185 e. The van der Waals surface area contributed by atoms with E-state index >= 15 is 0 Å². The van der Waals surface area contributed by atoms with Crippen molar-refractivity contribution in [1.82, 2.24) is 4.98 Å². The van der Waals surface area contributed by atoms with Crippen molar-refractivity contribution >= 4 is 22.3 Å². The van der Waals surface area contributed by atoms with Gasteiger partial charge in [0.05, 0.1) is 12.1 Å². The van der Waals surface area contributed by atoms with Gasteiger partial charge < -0.3 is 4.90 Å². The minimum atomic E-state index is 0.117. The highest BCUT2D eigenvalue weighted by Gasteiger charge is 2.10. The number of anilines is 1. The molecule has 0 bridgehead atoms. The van der Waals surface area contributed by atoms with Gasteiger partial charge in [0.15, 0.2) is 10.9 Å². The van der Waals surface area contributed by atoms with Crippen molar-refractivity contribution in [3.63, 3.8) is 0 Å². The SMILES string of the molecule is CCN(C)c1nc(CC(=O)c2ccccc2)cs1. The van der Waals surface area contributed by atoms with Crippen molar-refractivity contribution in [1.29, 1.82) is 0 Å². The molecular weight excluding hydrogens is 244 g/mol. The number of thiazole rings is 1. The Labute approximate surface area is 111 Å². The molecule has 0 unspecified atom stereocenters. The fourth-order valence-corrected chi connectivity index (χ4v) is 2.44. The van der Waals surface area contributed by atoms with E-state index in [4.69, 9.17) is 0 Å². The Morgan fingerprint density at radius 2 is 2.06 bits per heavy atom. The number of hydrogen-bond donors (Lipinski definition) is 0. The molecule has 0 saturated carbocycles. The maximum atomic E-state index is 12.0. The summed E-state index contributed by atoms with van der Waals surface area (Å²) in [6.07, 6.45) is 0.373. The molecular formula is C14H16N2OS. The minimum absolute atomic E-state index is 0.117. The second-order valence-electron chi connectivity index (χ2n) is 4.10. The molecule has 18 heavy (non-hydrogen) atoms. The lowest BCUT2D eigenvalue weighted by Gasteiger charge is -2.11. The van der Waals surface area contributed by atoms with Gasteiger partial charge in [0.1, 0.15) is 0 Å². The fourth-order valence-electron chi connectivity index (χ4n) is 1.58. The first-order chi connectivity index (χ1) is 8.70. The predicted molar refractivity (Wildman–Crippen MR) is 75.5 cm³/mol. The highest BCUT2D eigenvalue weighted by atomic mass is 32.1. The zero-order valence-electron chi connectivity index (χ0n) is 10.6. The van der Waals surface area contributed by atoms with E-state index in [1.165, 1.54) is 0 Å². The third-order valence-electron chi connectivity index (χ3n) is 2.78. The van der Waals surface area contributed by atoms with Crippen LogP contribution in [0.25, 0.3) is 0 Å². The molecule has 1 aromatic heterocycles. The van der Waals surface area contributed by atoms with E-state index < -0.39 is 0 Å². The van der Waals surface area contributed by atoms with Crippen molar-refractivity contribution in [3.05, 3.63) is 47.0 Å². The van der Waals surface area contributed by atoms with Gasteiger partial charge in [0.2, 0.25) is 0 Å². The normalized spacial score (nSPS) is 10.3. The molecule has 2 rings (SSSR count). The molecule has 0 spiro atoms. The van der Waals surface area contributed by atoms with Crippen LogP contribution >= 0.6 is 11.3 Å². The minimum Gasteiger partial charge on any atom is -0.351 e. The van der Waals surface area contributed by atoms with Crippen LogP contribution in [0.15, 0.2) is 35.7 Å². The quantitative estimate of drug-likeness (QED) is 0.775. The van der Waals surface area contributed by atoms with Crippen LogP contribution in [0.4, 0.5) is 5.13 Å². The first kappa shape index (κ1) is 12.8. The van der Waals surface area contributed by atoms with Gasteiger partial charge in [0, 0.05) is 24.5 Å². The summed E-state index contributed by atoms with van der Waals surface area (Å²) < 4.78 is 0. The van der Waals surface area contributed by atoms with Gasteiger partial charge in [-0.25, -0.2) is 4.98 Å². The summed E-state index contributed by atoms with van der Waals surface area (Å²) in [5.41, 5.74) is 1.60. The Kier molecular flexibility index (Phi) is 4.10. The lowest BCUT2D eigenvalue weighted by atomic mass is 10.1. The van der Waals surface area contributed by atoms with Crippen LogP contribution in [0.1, 0.15) is 23.0 Å². The second-order valence-corrected chi connectivity index (χ2v) is 4.94. The van der Waals surface area contributed by atoms with E-state index in [0.717, 1.165) is 22.9 Å². The highest BCUT2D eigenvalue weighted by molar-refractivity contribution is 7.13. The molecule has 2 aromatic rings. The Hall–Kier alpha value is -1.68. The number of ketones is 1. The second kappa shape index (κ2) is 5.78. The number of aromatic nitrogens is 1. The third kappa shape index (κ3) is 2.96. The Balaban J connectivity index is 2.06. The van der Waals surface area contributed by atoms with Crippen molar-refractivity contribution in [3.8, 4) is 0 Å². The van der Waals surface area contributed by atoms with Crippen LogP contribution in [-0.2, 0) is 6.42 Å². The van der Waals surface area contributed by atoms with E-state index in [2.05, 4.69) is 16.8 Å². The highest BCUT2D eigenvalue weighted by Crippen LogP contribution is 2.20. The lowest BCUT2D eigenvalue weighted by molar-refractivity contribution is 0.0992. The third-order valence-corrected chi connectivity index (χ3v) is 3.78. The molecule has 0 atom stereocenters. The summed E-state index contributed by atoms with van der Waals surface area (Å²) in [6.45, 7) is 3.00. The monoisotopic (exact) mass is 260 g/mol. The topological polar surface area (TPSA) is 33.2 Å². The molecule has 3 nitrogen and oxygen atoms in total. The average molecular weight is 260 g/mol. The molecule has 4 heteroatoms. The van der Waals surface area contributed by atoms with Gasteiger partial charge in [-0.1, -0.05) is 30.3 Å². The Morgan fingerprint density at radius 1 is 1.33 bits per heavy atom. The number of rotatable bonds is 5. The van der Waals surface area contributed by atoms with Crippen LogP contribution in [0, 0.1) is 0 Å². The fraction of sp³-hybridized carbons (Fsp3) is 0.286. The Bertz CT molecular complexity index is 522. The number of carbonyl (C=O) groups excluding carboxylic acids is 1. The average Bonchev–Trinajstić information content (AvgIpc) is 2.87. The molecule has 0 amide bonds. The zero-order chi connectivity index (χ0) is 13.0. The lowest BCUT2D eigenvalue weighted by Crippen LogP contribution is -2.15. The summed E-state index contributed by atoms with van der Waals surface area (Å²) in [5.74, 6) is 0.117. The molecule has 0 aliphatic carbocycles. The largest absolute Gasteiger partial charge is 0.351 e. The van der Waals surface area contributed by atoms with Gasteiger partial charge in [0.25, 0.3) is 0 Å². The van der Waals surface area contributed by atoms with Crippen LogP contribution < -0.4 is 4.90 Å². The summed E-state index contributed by atoms with van der Waals surface area (Å²) in [5, 5.41) is 2.93. The van der Waals surface area contributed by atoms with Crippen LogP contribution in [0.3, 0.4) is 0 Å². The van der Waals surface area contributed by atoms with Gasteiger partial charge in [-0.05, 0) is 6.92 Å². The first-order valence-electron chi connectivity index (χ1n) is 5.94. The molecule has 94 valence electrons. The van der Waals surface area contributed by atoms with Crippen molar-refractivity contribution in [2.75, 3.05) is 18.5 Å². The summed E-state index contributed by atoms with van der Waals surface area (Å²) >= 11 is 1.58. The molecule has 0 saturated heterocycles.